The lowest BCUT2D eigenvalue weighted by Gasteiger charge is -1.94. The SMILES string of the molecule is Cc1oncc1CSc1nc2ncncc2[nH]1. The van der Waals surface area contributed by atoms with Crippen LogP contribution in [0.3, 0.4) is 0 Å². The van der Waals surface area contributed by atoms with Gasteiger partial charge in [-0.2, -0.15) is 0 Å². The maximum Gasteiger partial charge on any atom is 0.181 e. The first-order valence-electron chi connectivity index (χ1n) is 5.01. The fraction of sp³-hybridized carbons (Fsp3) is 0.200. The third-order valence-corrected chi connectivity index (χ3v) is 3.28. The molecule has 3 heterocycles. The van der Waals surface area contributed by atoms with Crippen molar-refractivity contribution in [2.45, 2.75) is 17.8 Å². The Labute approximate surface area is 101 Å². The van der Waals surface area contributed by atoms with Gasteiger partial charge in [-0.3, -0.25) is 0 Å². The van der Waals surface area contributed by atoms with Gasteiger partial charge in [0.1, 0.15) is 17.6 Å². The van der Waals surface area contributed by atoms with Crippen molar-refractivity contribution in [1.82, 2.24) is 25.1 Å². The molecule has 3 rings (SSSR count). The maximum absolute atomic E-state index is 5.00. The quantitative estimate of drug-likeness (QED) is 0.712. The summed E-state index contributed by atoms with van der Waals surface area (Å²) in [6, 6.07) is 0. The molecule has 0 amide bonds. The van der Waals surface area contributed by atoms with E-state index >= 15 is 0 Å². The molecule has 0 aliphatic carbocycles. The van der Waals surface area contributed by atoms with E-state index in [1.807, 2.05) is 6.92 Å². The molecule has 0 radical (unpaired) electrons. The number of aromatic amines is 1. The van der Waals surface area contributed by atoms with Crippen molar-refractivity contribution in [3.8, 4) is 0 Å². The smallest absolute Gasteiger partial charge is 0.181 e. The topological polar surface area (TPSA) is 80.5 Å². The van der Waals surface area contributed by atoms with E-state index in [1.54, 1.807) is 24.2 Å². The first-order valence-corrected chi connectivity index (χ1v) is 6.00. The van der Waals surface area contributed by atoms with Crippen molar-refractivity contribution in [1.29, 1.82) is 0 Å². The first-order chi connectivity index (χ1) is 8.33. The van der Waals surface area contributed by atoms with E-state index in [0.29, 0.717) is 5.65 Å². The van der Waals surface area contributed by atoms with Gasteiger partial charge < -0.3 is 9.51 Å². The molecule has 0 spiro atoms. The Morgan fingerprint density at radius 2 is 2.35 bits per heavy atom. The van der Waals surface area contributed by atoms with Crippen molar-refractivity contribution in [3.05, 3.63) is 30.0 Å². The molecule has 0 bridgehead atoms. The second kappa shape index (κ2) is 4.17. The molecule has 1 N–H and O–H groups in total. The lowest BCUT2D eigenvalue weighted by Crippen LogP contribution is -1.81. The second-order valence-corrected chi connectivity index (χ2v) is 4.46. The third kappa shape index (κ3) is 2.01. The largest absolute Gasteiger partial charge is 0.361 e. The standard InChI is InChI=1S/C10H9N5OS/c1-6-7(2-13-16-6)4-17-10-14-8-3-11-5-12-9(8)15-10/h2-3,5H,4H2,1H3,(H,11,12,14,15). The number of rotatable bonds is 3. The molecule has 0 unspecified atom stereocenters. The molecule has 0 aliphatic rings. The van der Waals surface area contributed by atoms with Crippen LogP contribution in [0.25, 0.3) is 11.2 Å². The van der Waals surface area contributed by atoms with E-state index in [0.717, 1.165) is 27.7 Å². The number of nitrogens with one attached hydrogen (secondary N) is 1. The Hall–Kier alpha value is -1.89. The average Bonchev–Trinajstić information content (AvgIpc) is 2.92. The average molecular weight is 247 g/mol. The Morgan fingerprint density at radius 3 is 3.12 bits per heavy atom. The zero-order valence-electron chi connectivity index (χ0n) is 9.04. The summed E-state index contributed by atoms with van der Waals surface area (Å²) < 4.78 is 5.00. The summed E-state index contributed by atoms with van der Waals surface area (Å²) in [5.74, 6) is 1.61. The number of fused-ring (bicyclic) bond motifs is 1. The van der Waals surface area contributed by atoms with Gasteiger partial charge in [0, 0.05) is 11.3 Å². The Kier molecular flexibility index (Phi) is 2.52. The van der Waals surface area contributed by atoms with Gasteiger partial charge in [-0.1, -0.05) is 16.9 Å². The fourth-order valence-corrected chi connectivity index (χ4v) is 2.31. The van der Waals surface area contributed by atoms with Gasteiger partial charge in [0.2, 0.25) is 0 Å². The molecule has 0 fully saturated rings. The van der Waals surface area contributed by atoms with Crippen LogP contribution >= 0.6 is 11.8 Å². The minimum Gasteiger partial charge on any atom is -0.361 e. The Balaban J connectivity index is 1.79. The molecule has 3 aromatic heterocycles. The lowest BCUT2D eigenvalue weighted by molar-refractivity contribution is 0.396. The number of thioether (sulfide) groups is 1. The molecule has 0 saturated carbocycles. The summed E-state index contributed by atoms with van der Waals surface area (Å²) in [5, 5.41) is 4.56. The Morgan fingerprint density at radius 1 is 1.41 bits per heavy atom. The summed E-state index contributed by atoms with van der Waals surface area (Å²) in [6.45, 7) is 1.90. The van der Waals surface area contributed by atoms with Crippen LogP contribution in [0.2, 0.25) is 0 Å². The predicted molar refractivity (Wildman–Crippen MR) is 62.5 cm³/mol. The molecule has 7 heteroatoms. The van der Waals surface area contributed by atoms with Gasteiger partial charge in [-0.15, -0.1) is 0 Å². The van der Waals surface area contributed by atoms with Gasteiger partial charge >= 0.3 is 0 Å². The summed E-state index contributed by atoms with van der Waals surface area (Å²) in [6.07, 6.45) is 4.93. The monoisotopic (exact) mass is 247 g/mol. The van der Waals surface area contributed by atoms with Gasteiger partial charge in [-0.05, 0) is 6.92 Å². The van der Waals surface area contributed by atoms with E-state index in [-0.39, 0.29) is 0 Å². The van der Waals surface area contributed by atoms with Gasteiger partial charge in [-0.25, -0.2) is 15.0 Å². The number of aryl methyl sites for hydroxylation is 1. The van der Waals surface area contributed by atoms with Crippen LogP contribution in [0, 0.1) is 6.92 Å². The minimum absolute atomic E-state index is 0.685. The number of imidazole rings is 1. The zero-order valence-corrected chi connectivity index (χ0v) is 9.86. The van der Waals surface area contributed by atoms with E-state index in [2.05, 4.69) is 25.1 Å². The van der Waals surface area contributed by atoms with Crippen molar-refractivity contribution < 1.29 is 4.52 Å². The predicted octanol–water partition coefficient (Wildman–Crippen LogP) is 1.94. The van der Waals surface area contributed by atoms with Crippen LogP contribution in [0.15, 0.2) is 28.4 Å². The van der Waals surface area contributed by atoms with Crippen LogP contribution in [0.5, 0.6) is 0 Å². The van der Waals surface area contributed by atoms with E-state index in [1.165, 1.54) is 6.33 Å². The van der Waals surface area contributed by atoms with Crippen molar-refractivity contribution in [2.24, 2.45) is 0 Å². The highest BCUT2D eigenvalue weighted by atomic mass is 32.2. The third-order valence-electron chi connectivity index (χ3n) is 2.36. The van der Waals surface area contributed by atoms with E-state index in [9.17, 15) is 0 Å². The van der Waals surface area contributed by atoms with Crippen molar-refractivity contribution in [2.75, 3.05) is 0 Å². The molecule has 0 aromatic carbocycles. The van der Waals surface area contributed by atoms with Gasteiger partial charge in [0.25, 0.3) is 0 Å². The Bertz CT molecular complexity index is 614. The normalized spacial score (nSPS) is 11.1. The number of hydrogen-bond donors (Lipinski definition) is 1. The summed E-state index contributed by atoms with van der Waals surface area (Å²) >= 11 is 1.58. The van der Waals surface area contributed by atoms with Gasteiger partial charge in [0.15, 0.2) is 10.8 Å². The molecule has 3 aromatic rings. The molecule has 0 saturated heterocycles. The molecule has 0 atom stereocenters. The first kappa shape index (κ1) is 10.3. The van der Waals surface area contributed by atoms with Crippen LogP contribution in [-0.4, -0.2) is 25.1 Å². The lowest BCUT2D eigenvalue weighted by atomic mass is 10.3. The minimum atomic E-state index is 0.685. The number of nitrogens with zero attached hydrogens (tertiary/aromatic N) is 4. The molecule has 6 nitrogen and oxygen atoms in total. The van der Waals surface area contributed by atoms with E-state index in [4.69, 9.17) is 4.52 Å². The molecule has 17 heavy (non-hydrogen) atoms. The second-order valence-electron chi connectivity index (χ2n) is 3.50. The van der Waals surface area contributed by atoms with Gasteiger partial charge in [0.05, 0.1) is 12.4 Å². The van der Waals surface area contributed by atoms with Crippen LogP contribution in [-0.2, 0) is 5.75 Å². The highest BCUT2D eigenvalue weighted by molar-refractivity contribution is 7.98. The van der Waals surface area contributed by atoms with Crippen LogP contribution in [0.1, 0.15) is 11.3 Å². The number of H-pyrrole nitrogens is 1. The molecule has 0 aliphatic heterocycles. The number of hydrogen-bond acceptors (Lipinski definition) is 6. The molecular weight excluding hydrogens is 238 g/mol. The van der Waals surface area contributed by atoms with Crippen LogP contribution < -0.4 is 0 Å². The highest BCUT2D eigenvalue weighted by Gasteiger charge is 2.07. The fourth-order valence-electron chi connectivity index (χ4n) is 1.41. The maximum atomic E-state index is 5.00. The number of aromatic nitrogens is 5. The molecule has 86 valence electrons. The zero-order chi connectivity index (χ0) is 11.7. The van der Waals surface area contributed by atoms with Crippen LogP contribution in [0.4, 0.5) is 0 Å². The molecular formula is C10H9N5OS. The van der Waals surface area contributed by atoms with E-state index < -0.39 is 0 Å². The summed E-state index contributed by atoms with van der Waals surface area (Å²) in [4.78, 5) is 15.5. The highest BCUT2D eigenvalue weighted by Crippen LogP contribution is 2.23. The summed E-state index contributed by atoms with van der Waals surface area (Å²) in [7, 11) is 0. The van der Waals surface area contributed by atoms with Crippen molar-refractivity contribution in [3.63, 3.8) is 0 Å². The van der Waals surface area contributed by atoms with Crippen molar-refractivity contribution >= 4 is 22.9 Å². The summed E-state index contributed by atoms with van der Waals surface area (Å²) in [5.41, 5.74) is 2.60.